The maximum atomic E-state index is 12.7. The molecular weight excluding hydrogens is 462 g/mol. The number of carbonyl (C=O) groups is 2. The molecule has 0 aliphatic carbocycles. The van der Waals surface area contributed by atoms with E-state index < -0.39 is 11.8 Å². The molecule has 0 aliphatic heterocycles. The molecule has 2 amide bonds. The smallest absolute Gasteiger partial charge is 0.263 e. The zero-order chi connectivity index (χ0) is 24.5. The number of thiazole rings is 1. The van der Waals surface area contributed by atoms with E-state index in [2.05, 4.69) is 29.4 Å². The Morgan fingerprint density at radius 1 is 1.03 bits per heavy atom. The number of imide groups is 1. The lowest BCUT2D eigenvalue weighted by molar-refractivity contribution is -0.118. The summed E-state index contributed by atoms with van der Waals surface area (Å²) in [5.74, 6) is -0.436. The number of aryl methyl sites for hydroxylation is 1. The van der Waals surface area contributed by atoms with Crippen LogP contribution in [-0.4, -0.2) is 23.9 Å². The summed E-state index contributed by atoms with van der Waals surface area (Å²) in [7, 11) is 1.56. The van der Waals surface area contributed by atoms with Crippen molar-refractivity contribution in [3.63, 3.8) is 0 Å². The Kier molecular flexibility index (Phi) is 5.88. The summed E-state index contributed by atoms with van der Waals surface area (Å²) >= 11 is 1.63. The Bertz CT molecular complexity index is 1670. The molecule has 0 saturated carbocycles. The van der Waals surface area contributed by atoms with Gasteiger partial charge in [0, 0.05) is 23.9 Å². The van der Waals surface area contributed by atoms with Crippen LogP contribution in [0.2, 0.25) is 0 Å². The van der Waals surface area contributed by atoms with E-state index in [1.165, 1.54) is 12.5 Å². The van der Waals surface area contributed by atoms with Gasteiger partial charge in [0.1, 0.15) is 21.9 Å². The van der Waals surface area contributed by atoms with Gasteiger partial charge in [-0.15, -0.1) is 11.3 Å². The van der Waals surface area contributed by atoms with Crippen LogP contribution in [0.5, 0.6) is 5.75 Å². The molecule has 2 heterocycles. The fraction of sp³-hybridized carbons (Fsp3) is 0.111. The molecule has 7 nitrogen and oxygen atoms in total. The van der Waals surface area contributed by atoms with Gasteiger partial charge in [-0.1, -0.05) is 6.07 Å². The highest BCUT2D eigenvalue weighted by molar-refractivity contribution is 7.21. The number of hydrogen-bond acceptors (Lipinski definition) is 7. The summed E-state index contributed by atoms with van der Waals surface area (Å²) in [5.41, 5.74) is 4.48. The highest BCUT2D eigenvalue weighted by atomic mass is 32.1. The minimum atomic E-state index is -0.584. The topological polar surface area (TPSA) is 93.8 Å². The third-order valence-corrected chi connectivity index (χ3v) is 6.45. The van der Waals surface area contributed by atoms with E-state index in [-0.39, 0.29) is 11.1 Å². The number of rotatable bonds is 4. The average molecular weight is 484 g/mol. The summed E-state index contributed by atoms with van der Waals surface area (Å²) in [5, 5.41) is 3.89. The number of methoxy groups -OCH3 is 1. The number of fused-ring (bicyclic) bond motifs is 2. The van der Waals surface area contributed by atoms with Crippen LogP contribution < -0.4 is 15.6 Å². The molecule has 0 atom stereocenters. The highest BCUT2D eigenvalue weighted by Crippen LogP contribution is 2.31. The first-order valence-corrected chi connectivity index (χ1v) is 11.7. The molecule has 0 unspecified atom stereocenters. The first kappa shape index (κ1) is 22.5. The first-order chi connectivity index (χ1) is 16.9. The summed E-state index contributed by atoms with van der Waals surface area (Å²) in [6.45, 7) is 3.34. The average Bonchev–Trinajstić information content (AvgIpc) is 3.26. The van der Waals surface area contributed by atoms with Gasteiger partial charge in [0.05, 0.1) is 23.0 Å². The van der Waals surface area contributed by atoms with Gasteiger partial charge in [0.25, 0.3) is 5.91 Å². The van der Waals surface area contributed by atoms with Crippen molar-refractivity contribution in [1.29, 1.82) is 0 Å². The summed E-state index contributed by atoms with van der Waals surface area (Å²) < 4.78 is 12.4. The molecule has 0 saturated heterocycles. The van der Waals surface area contributed by atoms with Crippen molar-refractivity contribution in [1.82, 2.24) is 10.3 Å². The van der Waals surface area contributed by atoms with Crippen molar-refractivity contribution >= 4 is 50.0 Å². The molecule has 0 radical (unpaired) electrons. The number of nitrogens with zero attached hydrogens (tertiary/aromatic N) is 2. The predicted molar refractivity (Wildman–Crippen MR) is 136 cm³/mol. The van der Waals surface area contributed by atoms with E-state index in [1.54, 1.807) is 42.7 Å². The van der Waals surface area contributed by atoms with Gasteiger partial charge >= 0.3 is 0 Å². The Balaban J connectivity index is 1.57. The van der Waals surface area contributed by atoms with E-state index in [0.717, 1.165) is 20.8 Å². The third-order valence-electron chi connectivity index (χ3n) is 5.38. The molecule has 3 aromatic carbocycles. The van der Waals surface area contributed by atoms with Crippen LogP contribution in [0, 0.1) is 6.92 Å². The Morgan fingerprint density at radius 3 is 2.57 bits per heavy atom. The number of hydrogen-bond donors (Lipinski definition) is 1. The molecule has 0 spiro atoms. The minimum Gasteiger partial charge on any atom is -0.497 e. The molecule has 5 rings (SSSR count). The number of aromatic nitrogens is 1. The van der Waals surface area contributed by atoms with Crippen molar-refractivity contribution in [3.8, 4) is 16.3 Å². The maximum absolute atomic E-state index is 12.7. The highest BCUT2D eigenvalue weighted by Gasteiger charge is 2.15. The van der Waals surface area contributed by atoms with Crippen LogP contribution in [0.25, 0.3) is 31.8 Å². The van der Waals surface area contributed by atoms with Crippen LogP contribution in [-0.2, 0) is 4.79 Å². The second kappa shape index (κ2) is 9.15. The van der Waals surface area contributed by atoms with Gasteiger partial charge in [-0.3, -0.25) is 14.9 Å². The lowest BCUT2D eigenvalue weighted by Crippen LogP contribution is -2.32. The Hall–Kier alpha value is -4.30. The Morgan fingerprint density at radius 2 is 1.83 bits per heavy atom. The van der Waals surface area contributed by atoms with E-state index in [1.807, 2.05) is 30.3 Å². The van der Waals surface area contributed by atoms with Gasteiger partial charge < -0.3 is 9.15 Å². The van der Waals surface area contributed by atoms with Crippen LogP contribution in [0.1, 0.15) is 22.8 Å². The molecule has 0 fully saturated rings. The largest absolute Gasteiger partial charge is 0.497 e. The molecule has 5 aromatic rings. The second-order valence-corrected chi connectivity index (χ2v) is 9.06. The van der Waals surface area contributed by atoms with Gasteiger partial charge in [-0.25, -0.2) is 9.98 Å². The zero-order valence-electron chi connectivity index (χ0n) is 19.3. The molecule has 1 N–H and O–H groups in total. The quantitative estimate of drug-likeness (QED) is 0.362. The van der Waals surface area contributed by atoms with Crippen molar-refractivity contribution in [2.75, 3.05) is 7.11 Å². The summed E-state index contributed by atoms with van der Waals surface area (Å²) in [4.78, 5) is 33.5. The second-order valence-electron chi connectivity index (χ2n) is 8.03. The molecule has 0 bridgehead atoms. The molecule has 2 aromatic heterocycles. The van der Waals surface area contributed by atoms with E-state index in [4.69, 9.17) is 14.1 Å². The Labute approximate surface area is 204 Å². The number of amides is 2. The monoisotopic (exact) mass is 483 g/mol. The molecule has 174 valence electrons. The van der Waals surface area contributed by atoms with E-state index in [0.29, 0.717) is 22.4 Å². The van der Waals surface area contributed by atoms with Gasteiger partial charge in [-0.05, 0) is 67.1 Å². The minimum absolute atomic E-state index is 0.0905. The first-order valence-electron chi connectivity index (χ1n) is 10.9. The van der Waals surface area contributed by atoms with Crippen LogP contribution in [0.15, 0.2) is 76.1 Å². The van der Waals surface area contributed by atoms with E-state index in [9.17, 15) is 9.59 Å². The fourth-order valence-electron chi connectivity index (χ4n) is 3.65. The van der Waals surface area contributed by atoms with Gasteiger partial charge in [0.2, 0.25) is 11.5 Å². The molecule has 0 aliphatic rings. The summed E-state index contributed by atoms with van der Waals surface area (Å²) in [6.07, 6.45) is 0. The maximum Gasteiger partial charge on any atom is 0.263 e. The molecule has 8 heteroatoms. The lowest BCUT2D eigenvalue weighted by atomic mass is 10.1. The molecule has 35 heavy (non-hydrogen) atoms. The number of benzene rings is 3. The SMILES string of the molecule is COc1ccc2cc(C(=O)NC(C)=O)c(=Nc3ccc(-c4nc5ccc(C)cc5s4)cc3)oc2c1. The lowest BCUT2D eigenvalue weighted by Gasteiger charge is -2.06. The van der Waals surface area contributed by atoms with Crippen molar-refractivity contribution in [3.05, 3.63) is 83.4 Å². The number of nitrogens with one attached hydrogen (secondary N) is 1. The summed E-state index contributed by atoms with van der Waals surface area (Å²) in [6, 6.07) is 20.7. The van der Waals surface area contributed by atoms with Gasteiger partial charge in [0.15, 0.2) is 0 Å². The van der Waals surface area contributed by atoms with E-state index >= 15 is 0 Å². The third kappa shape index (κ3) is 4.69. The number of ether oxygens (including phenoxy) is 1. The molecular formula is C27H21N3O4S. The predicted octanol–water partition coefficient (Wildman–Crippen LogP) is 5.54. The standard InChI is InChI=1S/C27H21N3O4S/c1-15-4-11-22-24(12-15)35-27(30-22)17-5-8-19(9-6-17)29-26-21(25(32)28-16(2)31)13-18-7-10-20(33-3)14-23(18)34-26/h4-14H,1-3H3,(H,28,31,32). The normalized spacial score (nSPS) is 11.7. The zero-order valence-corrected chi connectivity index (χ0v) is 20.1. The van der Waals surface area contributed by atoms with Crippen molar-refractivity contribution in [2.24, 2.45) is 4.99 Å². The number of carbonyl (C=O) groups excluding carboxylic acids is 2. The van der Waals surface area contributed by atoms with Crippen LogP contribution in [0.4, 0.5) is 5.69 Å². The van der Waals surface area contributed by atoms with Crippen LogP contribution in [0.3, 0.4) is 0 Å². The van der Waals surface area contributed by atoms with Crippen molar-refractivity contribution in [2.45, 2.75) is 13.8 Å². The van der Waals surface area contributed by atoms with Crippen LogP contribution >= 0.6 is 11.3 Å². The van der Waals surface area contributed by atoms with Gasteiger partial charge in [-0.2, -0.15) is 0 Å². The fourth-order valence-corrected chi connectivity index (χ4v) is 4.72. The van der Waals surface area contributed by atoms with Crippen molar-refractivity contribution < 1.29 is 18.7 Å².